The van der Waals surface area contributed by atoms with Crippen molar-refractivity contribution in [3.63, 3.8) is 0 Å². The summed E-state index contributed by atoms with van der Waals surface area (Å²) in [6.07, 6.45) is 4.58. The Balaban J connectivity index is 1.11. The number of benzene rings is 3. The molecule has 4 aliphatic rings. The average molecular weight is 815 g/mol. The van der Waals surface area contributed by atoms with E-state index in [9.17, 15) is 23.6 Å². The molecule has 1 saturated carbocycles. The minimum Gasteiger partial charge on any atom is -0.619 e. The first kappa shape index (κ1) is 39.7. The summed E-state index contributed by atoms with van der Waals surface area (Å²) in [6.45, 7) is -0.144. The van der Waals surface area contributed by atoms with Crippen molar-refractivity contribution in [1.29, 1.82) is 0 Å². The highest BCUT2D eigenvalue weighted by Gasteiger charge is 2.38. The first-order chi connectivity index (χ1) is 27.0. The van der Waals surface area contributed by atoms with Crippen molar-refractivity contribution in [1.82, 2.24) is 10.2 Å². The number of hydrogen-bond donors (Lipinski definition) is 1. The third-order valence-corrected chi connectivity index (χ3v) is 11.1. The Bertz CT molecular complexity index is 2020. The smallest absolute Gasteiger partial charge is 0.387 e. The molecule has 3 aromatic carbocycles. The topological polar surface area (TPSA) is 113 Å². The van der Waals surface area contributed by atoms with Crippen LogP contribution >= 0.6 is 23.2 Å². The van der Waals surface area contributed by atoms with Gasteiger partial charge in [0.25, 0.3) is 0 Å². The van der Waals surface area contributed by atoms with Crippen molar-refractivity contribution in [2.24, 2.45) is 11.8 Å². The van der Waals surface area contributed by atoms with Crippen molar-refractivity contribution >= 4 is 35.1 Å². The molecule has 3 atom stereocenters. The van der Waals surface area contributed by atoms with E-state index in [0.29, 0.717) is 40.5 Å². The van der Waals surface area contributed by atoms with Crippen LogP contribution in [0.5, 0.6) is 11.5 Å². The van der Waals surface area contributed by atoms with E-state index in [1.165, 1.54) is 30.3 Å². The monoisotopic (exact) mass is 813 g/mol. The van der Waals surface area contributed by atoms with Gasteiger partial charge in [0.15, 0.2) is 23.9 Å². The Hall–Kier alpha value is -4.56. The Labute approximate surface area is 332 Å². The highest BCUT2D eigenvalue weighted by molar-refractivity contribution is 6.35. The molecule has 4 fully saturated rings. The molecule has 15 heteroatoms. The number of esters is 2. The molecule has 0 amide bonds. The van der Waals surface area contributed by atoms with Crippen molar-refractivity contribution in [3.8, 4) is 11.5 Å². The van der Waals surface area contributed by atoms with Crippen LogP contribution in [0.25, 0.3) is 0 Å². The van der Waals surface area contributed by atoms with Gasteiger partial charge in [0.1, 0.15) is 34.1 Å². The number of piperidine rings is 3. The molecule has 8 rings (SSSR count). The standard InChI is InChI=1S/C41H40Cl2F3N3O7/c42-31-20-49(52)21-32(43)30(31)18-35(27-10-11-34(56-41(45)46)36(17-27)53-23-24-8-9-24)54-39(50)28-5-3-4-25(16-28)19-47-38(29-6-1-2-7-33(29)44)40(51)55-37-22-48-14-12-26(37)13-15-48/h1-7,10-11,16-17,20-21,24,26,35,37-38,41,47H,8-9,12-15,18-19,22-23H2/t35-,37-,38?/m0/s1. The third-order valence-electron chi connectivity index (χ3n) is 10.4. The van der Waals surface area contributed by atoms with E-state index < -0.39 is 36.5 Å². The molecular weight excluding hydrogens is 774 g/mol. The number of aromatic nitrogens is 1. The number of halogens is 5. The molecule has 10 nitrogen and oxygen atoms in total. The summed E-state index contributed by atoms with van der Waals surface area (Å²) in [5.74, 6) is -1.47. The summed E-state index contributed by atoms with van der Waals surface area (Å²) in [5.41, 5.74) is 1.56. The van der Waals surface area contributed by atoms with Gasteiger partial charge in [-0.3, -0.25) is 10.2 Å². The molecule has 3 saturated heterocycles. The Morgan fingerprint density at radius 2 is 1.70 bits per heavy atom. The van der Waals surface area contributed by atoms with Crippen LogP contribution in [0.4, 0.5) is 13.2 Å². The van der Waals surface area contributed by atoms with E-state index >= 15 is 4.39 Å². The number of ether oxygens (including phenoxy) is 4. The van der Waals surface area contributed by atoms with Crippen molar-refractivity contribution < 1.29 is 46.4 Å². The summed E-state index contributed by atoms with van der Waals surface area (Å²) < 4.78 is 64.7. The lowest BCUT2D eigenvalue weighted by Crippen LogP contribution is -2.52. The van der Waals surface area contributed by atoms with E-state index in [-0.39, 0.29) is 57.7 Å². The van der Waals surface area contributed by atoms with E-state index in [1.54, 1.807) is 36.4 Å². The van der Waals surface area contributed by atoms with Gasteiger partial charge in [-0.1, -0.05) is 59.6 Å². The summed E-state index contributed by atoms with van der Waals surface area (Å²) in [4.78, 5) is 29.8. The number of fused-ring (bicyclic) bond motifs is 3. The largest absolute Gasteiger partial charge is 0.619 e. The van der Waals surface area contributed by atoms with Crippen LogP contribution in [0, 0.1) is 22.9 Å². The quantitative estimate of drug-likeness (QED) is 0.0689. The normalized spacial score (nSPS) is 20.0. The van der Waals surface area contributed by atoms with Crippen LogP contribution in [0.3, 0.4) is 0 Å². The lowest BCUT2D eigenvalue weighted by Gasteiger charge is -2.44. The predicted octanol–water partition coefficient (Wildman–Crippen LogP) is 7.77. The van der Waals surface area contributed by atoms with Gasteiger partial charge in [-0.2, -0.15) is 13.5 Å². The number of hydrogen-bond acceptors (Lipinski definition) is 9. The second-order valence-corrected chi connectivity index (χ2v) is 15.2. The molecule has 4 aromatic rings. The highest BCUT2D eigenvalue weighted by atomic mass is 35.5. The summed E-state index contributed by atoms with van der Waals surface area (Å²) in [6, 6.07) is 15.7. The van der Waals surface area contributed by atoms with E-state index in [0.717, 1.165) is 51.2 Å². The number of alkyl halides is 2. The minimum absolute atomic E-state index is 0.0286. The predicted molar refractivity (Wildman–Crippen MR) is 200 cm³/mol. The fraction of sp³-hybridized carbons (Fsp3) is 0.390. The number of rotatable bonds is 16. The van der Waals surface area contributed by atoms with Crippen LogP contribution in [-0.2, 0) is 27.2 Å². The van der Waals surface area contributed by atoms with Crippen LogP contribution in [-0.4, -0.2) is 55.8 Å². The van der Waals surface area contributed by atoms with Crippen LogP contribution in [0.1, 0.15) is 70.4 Å². The maximum absolute atomic E-state index is 15.1. The van der Waals surface area contributed by atoms with E-state index in [2.05, 4.69) is 10.2 Å². The molecule has 4 heterocycles. The third kappa shape index (κ3) is 9.87. The maximum Gasteiger partial charge on any atom is 0.387 e. The van der Waals surface area contributed by atoms with Crippen LogP contribution in [0.2, 0.25) is 10.0 Å². The van der Waals surface area contributed by atoms with Gasteiger partial charge in [0.05, 0.1) is 12.2 Å². The molecule has 1 N–H and O–H groups in total. The van der Waals surface area contributed by atoms with Crippen molar-refractivity contribution in [2.75, 3.05) is 26.2 Å². The molecule has 296 valence electrons. The number of nitrogens with zero attached hydrogens (tertiary/aromatic N) is 2. The highest BCUT2D eigenvalue weighted by Crippen LogP contribution is 2.38. The first-order valence-corrected chi connectivity index (χ1v) is 19.2. The molecule has 0 spiro atoms. The second kappa shape index (κ2) is 17.7. The average Bonchev–Trinajstić information content (AvgIpc) is 4.01. The van der Waals surface area contributed by atoms with Crippen LogP contribution in [0.15, 0.2) is 79.1 Å². The molecule has 3 aliphatic heterocycles. The summed E-state index contributed by atoms with van der Waals surface area (Å²) in [7, 11) is 0. The minimum atomic E-state index is -3.10. The number of carbonyl (C=O) groups is 2. The van der Waals surface area contributed by atoms with Gasteiger partial charge in [0.2, 0.25) is 0 Å². The number of nitrogens with one attached hydrogen (secondary N) is 1. The Morgan fingerprint density at radius 1 is 0.946 bits per heavy atom. The Kier molecular flexibility index (Phi) is 12.5. The molecule has 1 aliphatic carbocycles. The SMILES string of the molecule is O=C(O[C@@H](Cc1c(Cl)c[n+]([O-])cc1Cl)c1ccc(OC(F)F)c(OCC2CC2)c1)c1cccc(CNC(C(=O)O[C@H]2CN3CCC2CC3)c2ccccc2F)c1. The maximum atomic E-state index is 15.1. The molecule has 1 aromatic heterocycles. The fourth-order valence-electron chi connectivity index (χ4n) is 7.18. The molecule has 1 unspecified atom stereocenters. The molecule has 2 bridgehead atoms. The molecule has 56 heavy (non-hydrogen) atoms. The number of carbonyl (C=O) groups excluding carboxylic acids is 2. The molecule has 0 radical (unpaired) electrons. The first-order valence-electron chi connectivity index (χ1n) is 18.5. The van der Waals surface area contributed by atoms with E-state index in [4.69, 9.17) is 42.1 Å². The Morgan fingerprint density at radius 3 is 2.38 bits per heavy atom. The van der Waals surface area contributed by atoms with Crippen LogP contribution < -0.4 is 19.5 Å². The van der Waals surface area contributed by atoms with Gasteiger partial charge >= 0.3 is 18.6 Å². The summed E-state index contributed by atoms with van der Waals surface area (Å²) in [5, 5.41) is 15.2. The van der Waals surface area contributed by atoms with E-state index in [1.807, 2.05) is 0 Å². The van der Waals surface area contributed by atoms with Gasteiger partial charge < -0.3 is 24.2 Å². The van der Waals surface area contributed by atoms with Gasteiger partial charge in [-0.05, 0) is 92.1 Å². The van der Waals surface area contributed by atoms with Crippen molar-refractivity contribution in [3.05, 3.63) is 128 Å². The number of pyridine rings is 1. The lowest BCUT2D eigenvalue weighted by molar-refractivity contribution is -0.605. The zero-order valence-electron chi connectivity index (χ0n) is 30.2. The lowest BCUT2D eigenvalue weighted by atomic mass is 9.86. The fourth-order valence-corrected chi connectivity index (χ4v) is 7.78. The van der Waals surface area contributed by atoms with Gasteiger partial charge in [-0.25, -0.2) is 14.0 Å². The second-order valence-electron chi connectivity index (χ2n) is 14.4. The molecular formula is C41H40Cl2F3N3O7. The zero-order chi connectivity index (χ0) is 39.3. The van der Waals surface area contributed by atoms with Crippen molar-refractivity contribution in [2.45, 2.75) is 63.5 Å². The van der Waals surface area contributed by atoms with Gasteiger partial charge in [0, 0.05) is 30.6 Å². The summed E-state index contributed by atoms with van der Waals surface area (Å²) >= 11 is 12.8. The van der Waals surface area contributed by atoms with Gasteiger partial charge in [-0.15, -0.1) is 0 Å². The zero-order valence-corrected chi connectivity index (χ0v) is 31.7.